The molecule has 9 heteroatoms. The van der Waals surface area contributed by atoms with Crippen molar-refractivity contribution in [2.24, 2.45) is 0 Å². The number of hydrogen-bond acceptors (Lipinski definition) is 4. The van der Waals surface area contributed by atoms with Crippen molar-refractivity contribution < 1.29 is 27.5 Å². The Labute approximate surface area is 172 Å². The zero-order valence-corrected chi connectivity index (χ0v) is 16.4. The van der Waals surface area contributed by atoms with Gasteiger partial charge in [-0.2, -0.15) is 13.2 Å². The van der Waals surface area contributed by atoms with Crippen LogP contribution in [-0.2, 0) is 10.9 Å². The summed E-state index contributed by atoms with van der Waals surface area (Å²) in [7, 11) is 0. The minimum absolute atomic E-state index is 0.165. The molecule has 2 aromatic rings. The summed E-state index contributed by atoms with van der Waals surface area (Å²) < 4.78 is 43.6. The Kier molecular flexibility index (Phi) is 6.49. The average Bonchev–Trinajstić information content (AvgIpc) is 2.73. The van der Waals surface area contributed by atoms with E-state index in [4.69, 9.17) is 4.74 Å². The molecule has 0 aromatic heterocycles. The molecule has 1 saturated heterocycles. The van der Waals surface area contributed by atoms with Crippen LogP contribution in [0.15, 0.2) is 48.5 Å². The highest BCUT2D eigenvalue weighted by molar-refractivity contribution is 5.95. The van der Waals surface area contributed by atoms with E-state index in [2.05, 4.69) is 5.32 Å². The number of ether oxygens (including phenoxy) is 1. The normalized spacial score (nSPS) is 14.4. The summed E-state index contributed by atoms with van der Waals surface area (Å²) in [4.78, 5) is 27.6. The van der Waals surface area contributed by atoms with Crippen LogP contribution in [0.1, 0.15) is 22.8 Å². The van der Waals surface area contributed by atoms with Crippen molar-refractivity contribution in [2.75, 3.05) is 43.0 Å². The highest BCUT2D eigenvalue weighted by Crippen LogP contribution is 2.32. The third-order valence-electron chi connectivity index (χ3n) is 4.76. The molecule has 0 bridgehead atoms. The van der Waals surface area contributed by atoms with Gasteiger partial charge in [-0.15, -0.1) is 0 Å². The number of nitrogens with one attached hydrogen (secondary N) is 1. The van der Waals surface area contributed by atoms with Gasteiger partial charge in [-0.05, 0) is 49.4 Å². The van der Waals surface area contributed by atoms with E-state index < -0.39 is 17.8 Å². The van der Waals surface area contributed by atoms with Crippen LogP contribution >= 0.6 is 0 Å². The van der Waals surface area contributed by atoms with Gasteiger partial charge in [0.2, 0.25) is 0 Å². The molecule has 3 rings (SSSR count). The Morgan fingerprint density at radius 3 is 2.30 bits per heavy atom. The van der Waals surface area contributed by atoms with Gasteiger partial charge < -0.3 is 14.5 Å². The molecule has 1 fully saturated rings. The number of carbonyl (C=O) groups is 2. The van der Waals surface area contributed by atoms with E-state index in [-0.39, 0.29) is 12.5 Å². The Bertz CT molecular complexity index is 892. The number of rotatable bonds is 4. The number of amides is 2. The van der Waals surface area contributed by atoms with Crippen molar-refractivity contribution >= 4 is 23.4 Å². The number of hydrogen-bond donors (Lipinski definition) is 1. The monoisotopic (exact) mass is 421 g/mol. The number of carbonyl (C=O) groups excluding carboxylic acids is 2. The second kappa shape index (κ2) is 9.06. The average molecular weight is 421 g/mol. The van der Waals surface area contributed by atoms with Gasteiger partial charge in [0.15, 0.2) is 0 Å². The first-order chi connectivity index (χ1) is 14.3. The molecule has 0 atom stereocenters. The van der Waals surface area contributed by atoms with Crippen LogP contribution in [0.5, 0.6) is 0 Å². The smallest absolute Gasteiger partial charge is 0.416 e. The van der Waals surface area contributed by atoms with Crippen LogP contribution in [0.4, 0.5) is 29.3 Å². The first-order valence-electron chi connectivity index (χ1n) is 9.53. The van der Waals surface area contributed by atoms with Gasteiger partial charge in [0, 0.05) is 43.1 Å². The van der Waals surface area contributed by atoms with Gasteiger partial charge in [-0.25, -0.2) is 4.79 Å². The number of alkyl halides is 3. The van der Waals surface area contributed by atoms with E-state index in [1.807, 2.05) is 4.90 Å². The number of nitrogens with zero attached hydrogens (tertiary/aromatic N) is 2. The summed E-state index contributed by atoms with van der Waals surface area (Å²) in [6.45, 7) is 3.64. The molecule has 1 heterocycles. The Hall–Kier alpha value is -3.23. The lowest BCUT2D eigenvalue weighted by Gasteiger charge is -2.36. The standard InChI is InChI=1S/C21H22F3N3O3/c1-2-30-20(29)25-17-8-6-15(7-9-17)19(28)27-12-10-26(11-13-27)18-5-3-4-16(14-18)21(22,23)24/h3-9,14H,2,10-13H2,1H3,(H,25,29). The molecule has 0 aliphatic carbocycles. The lowest BCUT2D eigenvalue weighted by atomic mass is 10.1. The van der Waals surface area contributed by atoms with E-state index in [0.29, 0.717) is 43.1 Å². The fourth-order valence-electron chi connectivity index (χ4n) is 3.21. The third-order valence-corrected chi connectivity index (χ3v) is 4.76. The zero-order valence-electron chi connectivity index (χ0n) is 16.4. The fraction of sp³-hybridized carbons (Fsp3) is 0.333. The minimum Gasteiger partial charge on any atom is -0.450 e. The van der Waals surface area contributed by atoms with Crippen molar-refractivity contribution in [3.05, 3.63) is 59.7 Å². The van der Waals surface area contributed by atoms with Gasteiger partial charge >= 0.3 is 12.3 Å². The second-order valence-corrected chi connectivity index (χ2v) is 6.75. The fourth-order valence-corrected chi connectivity index (χ4v) is 3.21. The van der Waals surface area contributed by atoms with Gasteiger partial charge in [-0.1, -0.05) is 6.07 Å². The predicted molar refractivity (Wildman–Crippen MR) is 107 cm³/mol. The summed E-state index contributed by atoms with van der Waals surface area (Å²) in [6.07, 6.45) is -4.95. The molecule has 6 nitrogen and oxygen atoms in total. The lowest BCUT2D eigenvalue weighted by Crippen LogP contribution is -2.48. The van der Waals surface area contributed by atoms with Crippen molar-refractivity contribution in [2.45, 2.75) is 13.1 Å². The Morgan fingerprint density at radius 1 is 1.03 bits per heavy atom. The van der Waals surface area contributed by atoms with E-state index in [1.165, 1.54) is 6.07 Å². The van der Waals surface area contributed by atoms with Crippen LogP contribution in [0.25, 0.3) is 0 Å². The van der Waals surface area contributed by atoms with Crippen molar-refractivity contribution in [1.29, 1.82) is 0 Å². The van der Waals surface area contributed by atoms with Crippen LogP contribution in [0.2, 0.25) is 0 Å². The van der Waals surface area contributed by atoms with Crippen LogP contribution in [0, 0.1) is 0 Å². The summed E-state index contributed by atoms with van der Waals surface area (Å²) in [5.74, 6) is -0.165. The maximum atomic E-state index is 12.9. The minimum atomic E-state index is -4.39. The highest BCUT2D eigenvalue weighted by atomic mass is 19.4. The van der Waals surface area contributed by atoms with Gasteiger partial charge in [0.1, 0.15) is 0 Å². The summed E-state index contributed by atoms with van der Waals surface area (Å²) in [5, 5.41) is 2.55. The Balaban J connectivity index is 1.58. The number of halogens is 3. The summed E-state index contributed by atoms with van der Waals surface area (Å²) >= 11 is 0. The van der Waals surface area contributed by atoms with Crippen molar-refractivity contribution in [1.82, 2.24) is 4.90 Å². The third kappa shape index (κ3) is 5.22. The number of benzene rings is 2. The van der Waals surface area contributed by atoms with E-state index in [9.17, 15) is 22.8 Å². The maximum Gasteiger partial charge on any atom is 0.416 e. The van der Waals surface area contributed by atoms with E-state index >= 15 is 0 Å². The molecule has 0 spiro atoms. The molecule has 2 aromatic carbocycles. The summed E-state index contributed by atoms with van der Waals surface area (Å²) in [5.41, 5.74) is 0.789. The zero-order chi connectivity index (χ0) is 21.7. The van der Waals surface area contributed by atoms with Crippen LogP contribution < -0.4 is 10.2 Å². The molecule has 30 heavy (non-hydrogen) atoms. The molecule has 160 valence electrons. The molecular weight excluding hydrogens is 399 g/mol. The second-order valence-electron chi connectivity index (χ2n) is 6.75. The van der Waals surface area contributed by atoms with Gasteiger partial charge in [0.25, 0.3) is 5.91 Å². The molecule has 1 aliphatic rings. The van der Waals surface area contributed by atoms with Gasteiger partial charge in [0.05, 0.1) is 12.2 Å². The van der Waals surface area contributed by atoms with Crippen LogP contribution in [-0.4, -0.2) is 49.7 Å². The SMILES string of the molecule is CCOC(=O)Nc1ccc(C(=O)N2CCN(c3cccc(C(F)(F)F)c3)CC2)cc1. The van der Waals surface area contributed by atoms with Gasteiger partial charge in [-0.3, -0.25) is 10.1 Å². The molecule has 0 saturated carbocycles. The first kappa shape index (κ1) is 21.5. The van der Waals surface area contributed by atoms with Crippen LogP contribution in [0.3, 0.4) is 0 Å². The predicted octanol–water partition coefficient (Wildman–Crippen LogP) is 4.24. The molecule has 0 radical (unpaired) electrons. The molecule has 1 N–H and O–H groups in total. The highest BCUT2D eigenvalue weighted by Gasteiger charge is 2.31. The van der Waals surface area contributed by atoms with E-state index in [0.717, 1.165) is 12.1 Å². The summed E-state index contributed by atoms with van der Waals surface area (Å²) in [6, 6.07) is 11.7. The molecule has 1 aliphatic heterocycles. The topological polar surface area (TPSA) is 61.9 Å². The quantitative estimate of drug-likeness (QED) is 0.803. The maximum absolute atomic E-state index is 12.9. The molecule has 0 unspecified atom stereocenters. The number of anilines is 2. The van der Waals surface area contributed by atoms with Crippen molar-refractivity contribution in [3.63, 3.8) is 0 Å². The first-order valence-corrected chi connectivity index (χ1v) is 9.53. The molecule has 2 amide bonds. The van der Waals surface area contributed by atoms with E-state index in [1.54, 1.807) is 42.2 Å². The Morgan fingerprint density at radius 2 is 1.70 bits per heavy atom. The lowest BCUT2D eigenvalue weighted by molar-refractivity contribution is -0.137. The molecular formula is C21H22F3N3O3. The van der Waals surface area contributed by atoms with Crippen molar-refractivity contribution in [3.8, 4) is 0 Å². The largest absolute Gasteiger partial charge is 0.450 e. The number of piperazine rings is 1.